The van der Waals surface area contributed by atoms with Gasteiger partial charge in [0.25, 0.3) is 5.56 Å². The lowest BCUT2D eigenvalue weighted by Crippen LogP contribution is -2.38. The fourth-order valence-electron chi connectivity index (χ4n) is 1.98. The third-order valence-corrected chi connectivity index (χ3v) is 3.28. The van der Waals surface area contributed by atoms with Crippen LogP contribution in [0.5, 0.6) is 0 Å². The summed E-state index contributed by atoms with van der Waals surface area (Å²) in [5, 5.41) is 6.93. The van der Waals surface area contributed by atoms with Gasteiger partial charge in [0.1, 0.15) is 6.54 Å². The number of amides is 1. The summed E-state index contributed by atoms with van der Waals surface area (Å²) in [6.07, 6.45) is 5.02. The number of rotatable bonds is 5. The Morgan fingerprint density at radius 2 is 2.09 bits per heavy atom. The van der Waals surface area contributed by atoms with Crippen molar-refractivity contribution in [3.05, 3.63) is 50.6 Å². The molecule has 1 unspecified atom stereocenters. The Kier molecular flexibility index (Phi) is 4.59. The van der Waals surface area contributed by atoms with E-state index in [9.17, 15) is 14.4 Å². The second-order valence-electron chi connectivity index (χ2n) is 5.35. The van der Waals surface area contributed by atoms with Crippen LogP contribution >= 0.6 is 0 Å². The van der Waals surface area contributed by atoms with Crippen LogP contribution in [0.3, 0.4) is 0 Å². The van der Waals surface area contributed by atoms with Gasteiger partial charge in [-0.2, -0.15) is 5.10 Å². The molecular weight excluding hydrogens is 286 g/mol. The zero-order chi connectivity index (χ0) is 16.3. The number of H-pyrrole nitrogens is 1. The standard InChI is InChI=1S/C14H19N5O3/c1-9-4-16-19(6-9)11(3)5-15-12(20)8-18-7-10(2)13(21)17-14(18)22/h4,6-7,11H,5,8H2,1-3H3,(H,15,20)(H,17,21,22). The first-order valence-corrected chi connectivity index (χ1v) is 6.94. The van der Waals surface area contributed by atoms with E-state index in [0.29, 0.717) is 12.1 Å². The third-order valence-electron chi connectivity index (χ3n) is 3.28. The van der Waals surface area contributed by atoms with Crippen LogP contribution in [0.15, 0.2) is 28.2 Å². The van der Waals surface area contributed by atoms with Crippen molar-refractivity contribution in [2.45, 2.75) is 33.4 Å². The maximum absolute atomic E-state index is 11.9. The van der Waals surface area contributed by atoms with Gasteiger partial charge in [0.05, 0.1) is 12.2 Å². The van der Waals surface area contributed by atoms with Crippen molar-refractivity contribution < 1.29 is 4.79 Å². The molecule has 1 atom stereocenters. The normalized spacial score (nSPS) is 12.1. The van der Waals surface area contributed by atoms with E-state index in [-0.39, 0.29) is 18.5 Å². The Bertz CT molecular complexity index is 786. The Balaban J connectivity index is 1.95. The predicted octanol–water partition coefficient (Wildman–Crippen LogP) is -0.273. The first kappa shape index (κ1) is 15.7. The molecule has 2 heterocycles. The molecule has 2 N–H and O–H groups in total. The number of nitrogens with zero attached hydrogens (tertiary/aromatic N) is 3. The van der Waals surface area contributed by atoms with Crippen molar-refractivity contribution >= 4 is 5.91 Å². The average molecular weight is 305 g/mol. The first-order chi connectivity index (χ1) is 10.4. The largest absolute Gasteiger partial charge is 0.352 e. The number of aromatic amines is 1. The number of nitrogens with one attached hydrogen (secondary N) is 2. The van der Waals surface area contributed by atoms with Crippen LogP contribution in [0.2, 0.25) is 0 Å². The summed E-state index contributed by atoms with van der Waals surface area (Å²) in [6, 6.07) is 0.00619. The Hall–Kier alpha value is -2.64. The smallest absolute Gasteiger partial charge is 0.328 e. The van der Waals surface area contributed by atoms with Crippen molar-refractivity contribution in [1.82, 2.24) is 24.6 Å². The van der Waals surface area contributed by atoms with Gasteiger partial charge in [0, 0.05) is 24.5 Å². The average Bonchev–Trinajstić information content (AvgIpc) is 2.89. The lowest BCUT2D eigenvalue weighted by atomic mass is 10.3. The van der Waals surface area contributed by atoms with E-state index in [1.54, 1.807) is 17.8 Å². The van der Waals surface area contributed by atoms with Crippen molar-refractivity contribution in [3.63, 3.8) is 0 Å². The van der Waals surface area contributed by atoms with E-state index in [1.165, 1.54) is 10.8 Å². The van der Waals surface area contributed by atoms with Crippen molar-refractivity contribution in [3.8, 4) is 0 Å². The molecule has 0 saturated heterocycles. The van der Waals surface area contributed by atoms with Crippen molar-refractivity contribution in [1.29, 1.82) is 0 Å². The van der Waals surface area contributed by atoms with E-state index >= 15 is 0 Å². The van der Waals surface area contributed by atoms with Gasteiger partial charge >= 0.3 is 5.69 Å². The molecule has 0 bridgehead atoms. The topological polar surface area (TPSA) is 102 Å². The molecule has 22 heavy (non-hydrogen) atoms. The summed E-state index contributed by atoms with van der Waals surface area (Å²) < 4.78 is 2.95. The molecular formula is C14H19N5O3. The van der Waals surface area contributed by atoms with Gasteiger partial charge in [0.2, 0.25) is 5.91 Å². The van der Waals surface area contributed by atoms with Gasteiger partial charge in [-0.15, -0.1) is 0 Å². The molecule has 2 aromatic heterocycles. The highest BCUT2D eigenvalue weighted by atomic mass is 16.2. The molecule has 0 fully saturated rings. The minimum Gasteiger partial charge on any atom is -0.352 e. The molecule has 0 aromatic carbocycles. The van der Waals surface area contributed by atoms with Gasteiger partial charge in [-0.25, -0.2) is 4.79 Å². The Labute approximate surface area is 126 Å². The Morgan fingerprint density at radius 1 is 1.36 bits per heavy atom. The molecule has 0 aliphatic carbocycles. The second kappa shape index (κ2) is 6.42. The summed E-state index contributed by atoms with van der Waals surface area (Å²) in [5.41, 5.74) is 0.395. The monoisotopic (exact) mass is 305 g/mol. The van der Waals surface area contributed by atoms with E-state index in [4.69, 9.17) is 0 Å². The predicted molar refractivity (Wildman–Crippen MR) is 80.7 cm³/mol. The molecule has 0 aliphatic heterocycles. The van der Waals surface area contributed by atoms with Gasteiger partial charge < -0.3 is 5.32 Å². The van der Waals surface area contributed by atoms with Crippen LogP contribution in [0, 0.1) is 13.8 Å². The second-order valence-corrected chi connectivity index (χ2v) is 5.35. The highest BCUT2D eigenvalue weighted by Crippen LogP contribution is 2.04. The molecule has 2 aromatic rings. The molecule has 8 nitrogen and oxygen atoms in total. The lowest BCUT2D eigenvalue weighted by Gasteiger charge is -2.13. The van der Waals surface area contributed by atoms with Gasteiger partial charge in [-0.3, -0.25) is 23.8 Å². The quantitative estimate of drug-likeness (QED) is 0.793. The summed E-state index contributed by atoms with van der Waals surface area (Å²) in [7, 11) is 0. The molecule has 0 spiro atoms. The number of aromatic nitrogens is 4. The Morgan fingerprint density at radius 3 is 2.73 bits per heavy atom. The van der Waals surface area contributed by atoms with Crippen LogP contribution in [0.4, 0.5) is 0 Å². The van der Waals surface area contributed by atoms with Gasteiger partial charge in [-0.1, -0.05) is 0 Å². The summed E-state index contributed by atoms with van der Waals surface area (Å²) in [4.78, 5) is 36.9. The minimum atomic E-state index is -0.596. The van der Waals surface area contributed by atoms with Gasteiger partial charge in [-0.05, 0) is 26.3 Å². The zero-order valence-corrected chi connectivity index (χ0v) is 12.8. The van der Waals surface area contributed by atoms with Crippen LogP contribution in [0.1, 0.15) is 24.1 Å². The van der Waals surface area contributed by atoms with Crippen LogP contribution < -0.4 is 16.6 Å². The third kappa shape index (κ3) is 3.72. The summed E-state index contributed by atoms with van der Waals surface area (Å²) >= 11 is 0. The zero-order valence-electron chi connectivity index (χ0n) is 12.8. The first-order valence-electron chi connectivity index (χ1n) is 6.94. The number of hydrogen-bond donors (Lipinski definition) is 2. The fraction of sp³-hybridized carbons (Fsp3) is 0.429. The maximum atomic E-state index is 11.9. The van der Waals surface area contributed by atoms with Crippen molar-refractivity contribution in [2.75, 3.05) is 6.54 Å². The number of carbonyl (C=O) groups is 1. The highest BCUT2D eigenvalue weighted by molar-refractivity contribution is 5.75. The molecule has 8 heteroatoms. The number of hydrogen-bond acceptors (Lipinski definition) is 4. The van der Waals surface area contributed by atoms with Gasteiger partial charge in [0.15, 0.2) is 0 Å². The molecule has 1 amide bonds. The molecule has 0 aliphatic rings. The minimum absolute atomic E-state index is 0.00619. The summed E-state index contributed by atoms with van der Waals surface area (Å²) in [6.45, 7) is 5.72. The van der Waals surface area contributed by atoms with E-state index in [2.05, 4.69) is 15.4 Å². The maximum Gasteiger partial charge on any atom is 0.328 e. The molecule has 2 rings (SSSR count). The molecule has 0 radical (unpaired) electrons. The van der Waals surface area contributed by atoms with E-state index in [1.807, 2.05) is 20.0 Å². The van der Waals surface area contributed by atoms with Crippen LogP contribution in [0.25, 0.3) is 0 Å². The summed E-state index contributed by atoms with van der Waals surface area (Å²) in [5.74, 6) is -0.302. The van der Waals surface area contributed by atoms with Crippen molar-refractivity contribution in [2.24, 2.45) is 0 Å². The van der Waals surface area contributed by atoms with E-state index < -0.39 is 11.2 Å². The number of aryl methyl sites for hydroxylation is 2. The number of carbonyl (C=O) groups excluding carboxylic acids is 1. The SMILES string of the molecule is Cc1cnn(C(C)CNC(=O)Cn2cc(C)c(=O)[nH]c2=O)c1. The van der Waals surface area contributed by atoms with Crippen LogP contribution in [-0.2, 0) is 11.3 Å². The fourth-order valence-corrected chi connectivity index (χ4v) is 1.98. The van der Waals surface area contributed by atoms with E-state index in [0.717, 1.165) is 5.56 Å². The molecule has 0 saturated carbocycles. The lowest BCUT2D eigenvalue weighted by molar-refractivity contribution is -0.121. The highest BCUT2D eigenvalue weighted by Gasteiger charge is 2.10. The van der Waals surface area contributed by atoms with Crippen LogP contribution in [-0.4, -0.2) is 31.8 Å². The molecule has 118 valence electrons.